The Hall–Kier alpha value is -1.75. The Balaban J connectivity index is 1.55. The van der Waals surface area contributed by atoms with Gasteiger partial charge in [0.05, 0.1) is 0 Å². The molecule has 5 heteroatoms. The molecule has 3 rings (SSSR count). The number of hydrogen-bond donors (Lipinski definition) is 1. The van der Waals surface area contributed by atoms with Crippen LogP contribution in [0.1, 0.15) is 13.3 Å². The third kappa shape index (κ3) is 3.47. The van der Waals surface area contributed by atoms with Gasteiger partial charge in [0, 0.05) is 45.3 Å². The van der Waals surface area contributed by atoms with Crippen molar-refractivity contribution < 1.29 is 9.53 Å². The highest BCUT2D eigenvalue weighted by molar-refractivity contribution is 5.73. The standard InChI is InChI=1S/C16H23N3O2/c1-13(20)18-8-10-19(11-9-18)14-2-4-15(5-3-14)21-16-6-7-17-12-16/h2-5,16-17H,6-12H2,1H3. The summed E-state index contributed by atoms with van der Waals surface area (Å²) >= 11 is 0. The van der Waals surface area contributed by atoms with E-state index in [9.17, 15) is 4.79 Å². The highest BCUT2D eigenvalue weighted by atomic mass is 16.5. The van der Waals surface area contributed by atoms with Gasteiger partial charge in [0.25, 0.3) is 0 Å². The number of benzene rings is 1. The van der Waals surface area contributed by atoms with Crippen LogP contribution in [0.15, 0.2) is 24.3 Å². The second-order valence-corrected chi connectivity index (χ2v) is 5.72. The van der Waals surface area contributed by atoms with Crippen LogP contribution in [0.4, 0.5) is 5.69 Å². The van der Waals surface area contributed by atoms with Gasteiger partial charge in [0.15, 0.2) is 0 Å². The van der Waals surface area contributed by atoms with Gasteiger partial charge in [-0.05, 0) is 37.2 Å². The van der Waals surface area contributed by atoms with E-state index in [1.54, 1.807) is 6.92 Å². The molecule has 1 aromatic carbocycles. The van der Waals surface area contributed by atoms with E-state index in [1.165, 1.54) is 5.69 Å². The van der Waals surface area contributed by atoms with Crippen LogP contribution in [0, 0.1) is 0 Å². The number of carbonyl (C=O) groups is 1. The SMILES string of the molecule is CC(=O)N1CCN(c2ccc(OC3CCNC3)cc2)CC1. The summed E-state index contributed by atoms with van der Waals surface area (Å²) in [5, 5.41) is 3.30. The van der Waals surface area contributed by atoms with E-state index >= 15 is 0 Å². The number of nitrogens with zero attached hydrogens (tertiary/aromatic N) is 2. The fourth-order valence-electron chi connectivity index (χ4n) is 2.94. The summed E-state index contributed by atoms with van der Waals surface area (Å²) < 4.78 is 5.93. The zero-order valence-corrected chi connectivity index (χ0v) is 12.5. The second-order valence-electron chi connectivity index (χ2n) is 5.72. The number of piperazine rings is 1. The number of nitrogens with one attached hydrogen (secondary N) is 1. The molecule has 0 aromatic heterocycles. The first kappa shape index (κ1) is 14.2. The quantitative estimate of drug-likeness (QED) is 0.905. The fourth-order valence-corrected chi connectivity index (χ4v) is 2.94. The first-order valence-corrected chi connectivity index (χ1v) is 7.70. The number of carbonyl (C=O) groups excluding carboxylic acids is 1. The van der Waals surface area contributed by atoms with E-state index in [1.807, 2.05) is 17.0 Å². The van der Waals surface area contributed by atoms with E-state index in [0.717, 1.165) is 51.4 Å². The molecule has 1 N–H and O–H groups in total. The number of anilines is 1. The molecule has 21 heavy (non-hydrogen) atoms. The van der Waals surface area contributed by atoms with Crippen molar-refractivity contribution in [1.29, 1.82) is 0 Å². The molecule has 2 aliphatic rings. The first-order valence-electron chi connectivity index (χ1n) is 7.70. The van der Waals surface area contributed by atoms with Crippen LogP contribution in [0.5, 0.6) is 5.75 Å². The minimum absolute atomic E-state index is 0.170. The van der Waals surface area contributed by atoms with E-state index in [2.05, 4.69) is 22.3 Å². The Kier molecular flexibility index (Phi) is 4.29. The average Bonchev–Trinajstić information content (AvgIpc) is 3.01. The van der Waals surface area contributed by atoms with Crippen LogP contribution in [0.2, 0.25) is 0 Å². The lowest BCUT2D eigenvalue weighted by Crippen LogP contribution is -2.48. The van der Waals surface area contributed by atoms with Crippen LogP contribution < -0.4 is 15.0 Å². The monoisotopic (exact) mass is 289 g/mol. The highest BCUT2D eigenvalue weighted by Gasteiger charge is 2.19. The molecule has 2 fully saturated rings. The molecule has 1 atom stereocenters. The lowest BCUT2D eigenvalue weighted by Gasteiger charge is -2.35. The van der Waals surface area contributed by atoms with Crippen LogP contribution >= 0.6 is 0 Å². The Bertz CT molecular complexity index is 475. The summed E-state index contributed by atoms with van der Waals surface area (Å²) in [7, 11) is 0. The normalized spacial score (nSPS) is 22.4. The number of hydrogen-bond acceptors (Lipinski definition) is 4. The lowest BCUT2D eigenvalue weighted by atomic mass is 10.2. The molecule has 0 aliphatic carbocycles. The molecule has 1 amide bonds. The van der Waals surface area contributed by atoms with Crippen molar-refractivity contribution in [3.63, 3.8) is 0 Å². The van der Waals surface area contributed by atoms with Crippen LogP contribution in [0.25, 0.3) is 0 Å². The average molecular weight is 289 g/mol. The van der Waals surface area contributed by atoms with Crippen molar-refractivity contribution in [2.24, 2.45) is 0 Å². The number of amides is 1. The van der Waals surface area contributed by atoms with E-state index in [0.29, 0.717) is 6.10 Å². The van der Waals surface area contributed by atoms with E-state index in [4.69, 9.17) is 4.74 Å². The molecular weight excluding hydrogens is 266 g/mol. The molecule has 2 saturated heterocycles. The Morgan fingerprint density at radius 2 is 1.90 bits per heavy atom. The number of rotatable bonds is 3. The van der Waals surface area contributed by atoms with Crippen molar-refractivity contribution in [3.8, 4) is 5.75 Å². The summed E-state index contributed by atoms with van der Waals surface area (Å²) in [6.45, 7) is 7.03. The second kappa shape index (κ2) is 6.35. The molecule has 0 bridgehead atoms. The zero-order chi connectivity index (χ0) is 14.7. The lowest BCUT2D eigenvalue weighted by molar-refractivity contribution is -0.129. The maximum atomic E-state index is 11.3. The molecule has 2 aliphatic heterocycles. The Morgan fingerprint density at radius 1 is 1.19 bits per heavy atom. The summed E-state index contributed by atoms with van der Waals surface area (Å²) in [5.41, 5.74) is 1.20. The minimum atomic E-state index is 0.170. The van der Waals surface area contributed by atoms with Gasteiger partial charge < -0.3 is 19.9 Å². The van der Waals surface area contributed by atoms with Crippen LogP contribution in [0.3, 0.4) is 0 Å². The maximum absolute atomic E-state index is 11.3. The zero-order valence-electron chi connectivity index (χ0n) is 12.5. The van der Waals surface area contributed by atoms with Crippen molar-refractivity contribution in [1.82, 2.24) is 10.2 Å². The molecule has 0 saturated carbocycles. The molecule has 0 radical (unpaired) electrons. The smallest absolute Gasteiger partial charge is 0.219 e. The van der Waals surface area contributed by atoms with Crippen molar-refractivity contribution in [2.75, 3.05) is 44.2 Å². The summed E-state index contributed by atoms with van der Waals surface area (Å²) in [6.07, 6.45) is 1.38. The van der Waals surface area contributed by atoms with Gasteiger partial charge in [0.2, 0.25) is 5.91 Å². The third-order valence-electron chi connectivity index (χ3n) is 4.24. The predicted molar refractivity (Wildman–Crippen MR) is 82.8 cm³/mol. The third-order valence-corrected chi connectivity index (χ3v) is 4.24. The van der Waals surface area contributed by atoms with Crippen molar-refractivity contribution in [3.05, 3.63) is 24.3 Å². The fraction of sp³-hybridized carbons (Fsp3) is 0.562. The Morgan fingerprint density at radius 3 is 2.48 bits per heavy atom. The number of ether oxygens (including phenoxy) is 1. The van der Waals surface area contributed by atoms with E-state index in [-0.39, 0.29) is 5.91 Å². The van der Waals surface area contributed by atoms with Gasteiger partial charge >= 0.3 is 0 Å². The van der Waals surface area contributed by atoms with Gasteiger partial charge in [-0.2, -0.15) is 0 Å². The summed E-state index contributed by atoms with van der Waals surface area (Å²) in [6, 6.07) is 8.32. The highest BCUT2D eigenvalue weighted by Crippen LogP contribution is 2.22. The van der Waals surface area contributed by atoms with Gasteiger partial charge in [-0.15, -0.1) is 0 Å². The molecule has 1 aromatic rings. The van der Waals surface area contributed by atoms with E-state index < -0.39 is 0 Å². The van der Waals surface area contributed by atoms with Gasteiger partial charge in [0.1, 0.15) is 11.9 Å². The maximum Gasteiger partial charge on any atom is 0.219 e. The summed E-state index contributed by atoms with van der Waals surface area (Å²) in [5.74, 6) is 1.11. The minimum Gasteiger partial charge on any atom is -0.489 e. The van der Waals surface area contributed by atoms with Crippen molar-refractivity contribution >= 4 is 11.6 Å². The van der Waals surface area contributed by atoms with Crippen LogP contribution in [-0.2, 0) is 4.79 Å². The van der Waals surface area contributed by atoms with Crippen LogP contribution in [-0.4, -0.2) is 56.2 Å². The molecule has 2 heterocycles. The summed E-state index contributed by atoms with van der Waals surface area (Å²) in [4.78, 5) is 15.6. The van der Waals surface area contributed by atoms with Crippen molar-refractivity contribution in [2.45, 2.75) is 19.4 Å². The topological polar surface area (TPSA) is 44.8 Å². The molecule has 0 spiro atoms. The first-order chi connectivity index (χ1) is 10.2. The van der Waals surface area contributed by atoms with Gasteiger partial charge in [-0.3, -0.25) is 4.79 Å². The van der Waals surface area contributed by atoms with Gasteiger partial charge in [-0.25, -0.2) is 0 Å². The molecule has 5 nitrogen and oxygen atoms in total. The molecule has 1 unspecified atom stereocenters. The molecular formula is C16H23N3O2. The molecule has 114 valence electrons. The largest absolute Gasteiger partial charge is 0.489 e. The Labute approximate surface area is 125 Å². The predicted octanol–water partition coefficient (Wildman–Crippen LogP) is 1.10. The van der Waals surface area contributed by atoms with Gasteiger partial charge in [-0.1, -0.05) is 0 Å².